The minimum Gasteiger partial charge on any atom is -0.507 e. The van der Waals surface area contributed by atoms with Gasteiger partial charge >= 0.3 is 0 Å². The van der Waals surface area contributed by atoms with E-state index in [0.717, 1.165) is 12.8 Å². The summed E-state index contributed by atoms with van der Waals surface area (Å²) in [6, 6.07) is 16.6. The van der Waals surface area contributed by atoms with E-state index in [1.807, 2.05) is 18.2 Å². The first-order chi connectivity index (χ1) is 10.7. The highest BCUT2D eigenvalue weighted by Crippen LogP contribution is 2.15. The molecule has 0 heterocycles. The molecule has 2 aromatic rings. The molecule has 0 aliphatic rings. The molecule has 4 nitrogen and oxygen atoms in total. The molecular weight excluding hydrogens is 276 g/mol. The number of para-hydroxylation sites is 1. The topological polar surface area (TPSA) is 61.7 Å². The van der Waals surface area contributed by atoms with Crippen molar-refractivity contribution in [3.63, 3.8) is 0 Å². The van der Waals surface area contributed by atoms with E-state index in [1.54, 1.807) is 24.4 Å². The van der Waals surface area contributed by atoms with E-state index in [1.165, 1.54) is 11.6 Å². The van der Waals surface area contributed by atoms with Crippen LogP contribution in [-0.4, -0.2) is 17.2 Å². The van der Waals surface area contributed by atoms with Gasteiger partial charge in [-0.25, -0.2) is 5.43 Å². The summed E-state index contributed by atoms with van der Waals surface area (Å²) in [6.45, 7) is 2.09. The number of hydrogen-bond donors (Lipinski definition) is 2. The molecule has 2 N–H and O–H groups in total. The van der Waals surface area contributed by atoms with Crippen LogP contribution in [0.25, 0.3) is 0 Å². The zero-order valence-electron chi connectivity index (χ0n) is 12.6. The maximum atomic E-state index is 11.9. The van der Waals surface area contributed by atoms with Crippen LogP contribution in [0.3, 0.4) is 0 Å². The van der Waals surface area contributed by atoms with E-state index >= 15 is 0 Å². The zero-order valence-corrected chi connectivity index (χ0v) is 12.6. The van der Waals surface area contributed by atoms with Gasteiger partial charge in [-0.2, -0.15) is 5.10 Å². The quantitative estimate of drug-likeness (QED) is 0.634. The zero-order chi connectivity index (χ0) is 15.8. The van der Waals surface area contributed by atoms with Gasteiger partial charge in [0.05, 0.1) is 5.56 Å². The number of carbonyl (C=O) groups excluding carboxylic acids is 1. The van der Waals surface area contributed by atoms with Gasteiger partial charge in [-0.05, 0) is 36.5 Å². The molecule has 0 saturated carbocycles. The fourth-order valence-corrected chi connectivity index (χ4v) is 2.15. The molecule has 0 unspecified atom stereocenters. The Kier molecular flexibility index (Phi) is 5.72. The SMILES string of the molecule is CC[C@H](/C=N\NC(=O)c1ccccc1O)Cc1ccccc1. The summed E-state index contributed by atoms with van der Waals surface area (Å²) < 4.78 is 0. The van der Waals surface area contributed by atoms with Crippen LogP contribution in [0, 0.1) is 5.92 Å². The largest absolute Gasteiger partial charge is 0.507 e. The van der Waals surface area contributed by atoms with E-state index in [-0.39, 0.29) is 17.2 Å². The van der Waals surface area contributed by atoms with Gasteiger partial charge in [0.2, 0.25) is 0 Å². The summed E-state index contributed by atoms with van der Waals surface area (Å²) in [5.41, 5.74) is 3.92. The number of nitrogens with one attached hydrogen (secondary N) is 1. The number of hydrazone groups is 1. The third kappa shape index (κ3) is 4.45. The molecule has 0 spiro atoms. The Morgan fingerprint density at radius 2 is 1.86 bits per heavy atom. The van der Waals surface area contributed by atoms with Crippen molar-refractivity contribution in [2.45, 2.75) is 19.8 Å². The lowest BCUT2D eigenvalue weighted by atomic mass is 9.98. The van der Waals surface area contributed by atoms with Crippen molar-refractivity contribution in [3.8, 4) is 5.75 Å². The van der Waals surface area contributed by atoms with E-state index < -0.39 is 5.91 Å². The summed E-state index contributed by atoms with van der Waals surface area (Å²) in [6.07, 6.45) is 3.57. The monoisotopic (exact) mass is 296 g/mol. The summed E-state index contributed by atoms with van der Waals surface area (Å²) >= 11 is 0. The highest BCUT2D eigenvalue weighted by Gasteiger charge is 2.09. The van der Waals surface area contributed by atoms with Crippen LogP contribution in [-0.2, 0) is 6.42 Å². The Morgan fingerprint density at radius 1 is 1.18 bits per heavy atom. The minimum atomic E-state index is -0.413. The van der Waals surface area contributed by atoms with Gasteiger partial charge in [-0.15, -0.1) is 0 Å². The standard InChI is InChI=1S/C18H20N2O2/c1-2-14(12-15-8-4-3-5-9-15)13-19-20-18(22)16-10-6-7-11-17(16)21/h3-11,13-14,21H,2,12H2,1H3,(H,20,22)/b19-13-/t14-/m0/s1. The third-order valence-corrected chi connectivity index (χ3v) is 3.47. The van der Waals surface area contributed by atoms with Crippen LogP contribution >= 0.6 is 0 Å². The summed E-state index contributed by atoms with van der Waals surface area (Å²) in [4.78, 5) is 11.9. The lowest BCUT2D eigenvalue weighted by molar-refractivity contribution is 0.0952. The maximum absolute atomic E-state index is 11.9. The van der Waals surface area contributed by atoms with Gasteiger partial charge in [0, 0.05) is 6.21 Å². The number of rotatable bonds is 6. The second-order valence-corrected chi connectivity index (χ2v) is 5.09. The number of phenolic OH excluding ortho intramolecular Hbond substituents is 1. The Bertz CT molecular complexity index is 639. The molecule has 0 bridgehead atoms. The molecule has 2 aromatic carbocycles. The molecular formula is C18H20N2O2. The fourth-order valence-electron chi connectivity index (χ4n) is 2.15. The van der Waals surface area contributed by atoms with Crippen molar-refractivity contribution < 1.29 is 9.90 Å². The Morgan fingerprint density at radius 3 is 2.55 bits per heavy atom. The molecule has 1 atom stereocenters. The predicted molar refractivity (Wildman–Crippen MR) is 88.0 cm³/mol. The van der Waals surface area contributed by atoms with E-state index in [0.29, 0.717) is 0 Å². The summed E-state index contributed by atoms with van der Waals surface area (Å²) in [5.74, 6) is -0.206. The van der Waals surface area contributed by atoms with Crippen molar-refractivity contribution >= 4 is 12.1 Å². The van der Waals surface area contributed by atoms with E-state index in [4.69, 9.17) is 0 Å². The lowest BCUT2D eigenvalue weighted by Crippen LogP contribution is -2.19. The van der Waals surface area contributed by atoms with Gasteiger partial charge < -0.3 is 5.11 Å². The minimum absolute atomic E-state index is 0.0495. The number of aromatic hydroxyl groups is 1. The number of nitrogens with zero attached hydrogens (tertiary/aromatic N) is 1. The van der Waals surface area contributed by atoms with Gasteiger partial charge in [0.15, 0.2) is 0 Å². The first-order valence-corrected chi connectivity index (χ1v) is 7.36. The molecule has 1 amide bonds. The van der Waals surface area contributed by atoms with Crippen LogP contribution in [0.5, 0.6) is 5.75 Å². The van der Waals surface area contributed by atoms with E-state index in [2.05, 4.69) is 29.6 Å². The van der Waals surface area contributed by atoms with Crippen LogP contribution < -0.4 is 5.43 Å². The Labute approximate surface area is 130 Å². The highest BCUT2D eigenvalue weighted by molar-refractivity contribution is 5.96. The van der Waals surface area contributed by atoms with Crippen molar-refractivity contribution in [3.05, 3.63) is 65.7 Å². The second-order valence-electron chi connectivity index (χ2n) is 5.09. The molecule has 114 valence electrons. The van der Waals surface area contributed by atoms with Crippen LogP contribution in [0.4, 0.5) is 0 Å². The van der Waals surface area contributed by atoms with Crippen LogP contribution in [0.15, 0.2) is 59.7 Å². The van der Waals surface area contributed by atoms with Gasteiger partial charge in [0.25, 0.3) is 5.91 Å². The molecule has 0 fully saturated rings. The average molecular weight is 296 g/mol. The molecule has 0 aliphatic carbocycles. The number of hydrogen-bond acceptors (Lipinski definition) is 3. The number of carbonyl (C=O) groups is 1. The average Bonchev–Trinajstić information content (AvgIpc) is 2.55. The molecule has 0 saturated heterocycles. The van der Waals surface area contributed by atoms with Crippen LogP contribution in [0.1, 0.15) is 29.3 Å². The second kappa shape index (κ2) is 7.98. The number of amides is 1. The third-order valence-electron chi connectivity index (χ3n) is 3.47. The lowest BCUT2D eigenvalue weighted by Gasteiger charge is -2.09. The predicted octanol–water partition coefficient (Wildman–Crippen LogP) is 3.38. The van der Waals surface area contributed by atoms with Crippen LogP contribution in [0.2, 0.25) is 0 Å². The molecule has 0 radical (unpaired) electrons. The highest BCUT2D eigenvalue weighted by atomic mass is 16.3. The van der Waals surface area contributed by atoms with Crippen molar-refractivity contribution in [2.75, 3.05) is 0 Å². The van der Waals surface area contributed by atoms with Crippen molar-refractivity contribution in [1.82, 2.24) is 5.43 Å². The molecule has 0 aromatic heterocycles. The Balaban J connectivity index is 1.93. The molecule has 0 aliphatic heterocycles. The molecule has 2 rings (SSSR count). The first-order valence-electron chi connectivity index (χ1n) is 7.36. The molecule has 22 heavy (non-hydrogen) atoms. The van der Waals surface area contributed by atoms with Crippen molar-refractivity contribution in [1.29, 1.82) is 0 Å². The maximum Gasteiger partial charge on any atom is 0.275 e. The van der Waals surface area contributed by atoms with Gasteiger partial charge in [-0.3, -0.25) is 4.79 Å². The Hall–Kier alpha value is -2.62. The number of phenols is 1. The molecule has 4 heteroatoms. The normalized spacial score (nSPS) is 12.2. The van der Waals surface area contributed by atoms with Gasteiger partial charge in [0.1, 0.15) is 5.75 Å². The van der Waals surface area contributed by atoms with E-state index in [9.17, 15) is 9.90 Å². The number of benzene rings is 2. The summed E-state index contributed by atoms with van der Waals surface area (Å²) in [5, 5.41) is 13.6. The summed E-state index contributed by atoms with van der Waals surface area (Å²) in [7, 11) is 0. The first kappa shape index (κ1) is 15.8. The van der Waals surface area contributed by atoms with Crippen molar-refractivity contribution in [2.24, 2.45) is 11.0 Å². The van der Waals surface area contributed by atoms with Gasteiger partial charge in [-0.1, -0.05) is 49.4 Å². The smallest absolute Gasteiger partial charge is 0.275 e. The fraction of sp³-hybridized carbons (Fsp3) is 0.222.